The largest absolute Gasteiger partial charge is 0.503 e. The van der Waals surface area contributed by atoms with E-state index in [1.807, 2.05) is 0 Å². The number of nitrogens with zero attached hydrogens (tertiary/aromatic N) is 2. The summed E-state index contributed by atoms with van der Waals surface area (Å²) in [6.07, 6.45) is 1.27. The molecule has 1 aromatic rings. The first-order valence-corrected chi connectivity index (χ1v) is 2.32. The van der Waals surface area contributed by atoms with Crippen molar-refractivity contribution < 1.29 is 9.94 Å². The molecule has 0 atom stereocenters. The Hall–Kier alpha value is -1.39. The van der Waals surface area contributed by atoms with E-state index in [-0.39, 0.29) is 11.6 Å². The van der Waals surface area contributed by atoms with Crippen molar-refractivity contribution in [2.75, 3.05) is 12.8 Å². The number of hydrogen-bond donors (Lipinski definition) is 2. The Kier molecular flexibility index (Phi) is 1.18. The van der Waals surface area contributed by atoms with Gasteiger partial charge in [0.1, 0.15) is 13.3 Å². The van der Waals surface area contributed by atoms with Gasteiger partial charge in [-0.2, -0.15) is 0 Å². The molecule has 5 nitrogen and oxygen atoms in total. The van der Waals surface area contributed by atoms with Gasteiger partial charge in [-0.15, -0.1) is 9.94 Å². The third-order valence-corrected chi connectivity index (χ3v) is 0.889. The third-order valence-electron chi connectivity index (χ3n) is 0.889. The van der Waals surface area contributed by atoms with Gasteiger partial charge >= 0.3 is 0 Å². The lowest BCUT2D eigenvalue weighted by molar-refractivity contribution is 0.134. The second-order valence-corrected chi connectivity index (χ2v) is 1.48. The lowest BCUT2D eigenvalue weighted by atomic mass is 10.6. The molecule has 0 aliphatic rings. The topological polar surface area (TPSA) is 73.3 Å². The van der Waals surface area contributed by atoms with Crippen LogP contribution >= 0.6 is 0 Å². The van der Waals surface area contributed by atoms with Crippen molar-refractivity contribution in [1.82, 2.24) is 9.94 Å². The molecule has 1 heterocycles. The molecule has 0 fully saturated rings. The maximum Gasteiger partial charge on any atom is 0.191 e. The van der Waals surface area contributed by atoms with Gasteiger partial charge in [-0.1, -0.05) is 0 Å². The number of anilines is 1. The van der Waals surface area contributed by atoms with Crippen molar-refractivity contribution in [3.05, 3.63) is 6.20 Å². The van der Waals surface area contributed by atoms with E-state index in [4.69, 9.17) is 10.8 Å². The van der Waals surface area contributed by atoms with Gasteiger partial charge in [0.2, 0.25) is 0 Å². The molecule has 9 heavy (non-hydrogen) atoms. The van der Waals surface area contributed by atoms with Crippen LogP contribution in [-0.4, -0.2) is 22.2 Å². The predicted octanol–water partition coefficient (Wildman–Crippen LogP) is -0.771. The highest BCUT2D eigenvalue weighted by Gasteiger charge is 2.00. The molecule has 0 saturated heterocycles. The monoisotopic (exact) mass is 129 g/mol. The molecule has 1 aromatic heterocycles. The van der Waals surface area contributed by atoms with Crippen LogP contribution in [-0.2, 0) is 0 Å². The first-order chi connectivity index (χ1) is 4.24. The number of aromatic hydroxyl groups is 1. The number of rotatable bonds is 1. The predicted molar refractivity (Wildman–Crippen MR) is 30.8 cm³/mol. The van der Waals surface area contributed by atoms with E-state index in [1.54, 1.807) is 0 Å². The third kappa shape index (κ3) is 0.883. The van der Waals surface area contributed by atoms with Crippen LogP contribution in [0.3, 0.4) is 0 Å². The standard InChI is InChI=1S/C4H7N3O2/c1-9-7-2-3(8)4(5)6-7/h2,8H,1H3,(H2,5,6). The van der Waals surface area contributed by atoms with Crippen LogP contribution in [0.25, 0.3) is 0 Å². The van der Waals surface area contributed by atoms with E-state index in [9.17, 15) is 0 Å². The van der Waals surface area contributed by atoms with E-state index >= 15 is 0 Å². The number of aromatic nitrogens is 2. The summed E-state index contributed by atoms with van der Waals surface area (Å²) in [4.78, 5) is 5.66. The quantitative estimate of drug-likeness (QED) is 0.522. The Morgan fingerprint density at radius 2 is 2.56 bits per heavy atom. The molecular formula is C4H7N3O2. The maximum atomic E-state index is 8.78. The van der Waals surface area contributed by atoms with Gasteiger partial charge in [-0.25, -0.2) is 0 Å². The zero-order chi connectivity index (χ0) is 6.85. The highest BCUT2D eigenvalue weighted by molar-refractivity contribution is 5.41. The van der Waals surface area contributed by atoms with Gasteiger partial charge in [-0.3, -0.25) is 0 Å². The number of hydrogen-bond acceptors (Lipinski definition) is 4. The fraction of sp³-hybridized carbons (Fsp3) is 0.250. The van der Waals surface area contributed by atoms with E-state index in [1.165, 1.54) is 13.3 Å². The minimum atomic E-state index is -0.0724. The minimum Gasteiger partial charge on any atom is -0.503 e. The molecule has 50 valence electrons. The first kappa shape index (κ1) is 5.74. The van der Waals surface area contributed by atoms with Crippen LogP contribution in [0, 0.1) is 0 Å². The minimum absolute atomic E-state index is 0.0665. The van der Waals surface area contributed by atoms with E-state index in [0.29, 0.717) is 0 Å². The van der Waals surface area contributed by atoms with E-state index in [2.05, 4.69) is 9.94 Å². The van der Waals surface area contributed by atoms with Crippen molar-refractivity contribution in [1.29, 1.82) is 0 Å². The average molecular weight is 129 g/mol. The molecule has 0 unspecified atom stereocenters. The van der Waals surface area contributed by atoms with Crippen molar-refractivity contribution in [3.63, 3.8) is 0 Å². The van der Waals surface area contributed by atoms with Crippen LogP contribution in [0.4, 0.5) is 5.82 Å². The molecule has 0 aliphatic heterocycles. The van der Waals surface area contributed by atoms with Crippen LogP contribution in [0.2, 0.25) is 0 Å². The smallest absolute Gasteiger partial charge is 0.191 e. The molecule has 1 rings (SSSR count). The lowest BCUT2D eigenvalue weighted by Gasteiger charge is -1.91. The zero-order valence-corrected chi connectivity index (χ0v) is 4.90. The van der Waals surface area contributed by atoms with Crippen LogP contribution < -0.4 is 10.6 Å². The Bertz CT molecular complexity index is 188. The van der Waals surface area contributed by atoms with Crippen LogP contribution in [0.1, 0.15) is 0 Å². The second kappa shape index (κ2) is 1.85. The van der Waals surface area contributed by atoms with Gasteiger partial charge in [0, 0.05) is 0 Å². The Morgan fingerprint density at radius 3 is 2.78 bits per heavy atom. The molecule has 5 heteroatoms. The van der Waals surface area contributed by atoms with Crippen LogP contribution in [0.5, 0.6) is 5.75 Å². The maximum absolute atomic E-state index is 8.78. The highest BCUT2D eigenvalue weighted by atomic mass is 16.7. The summed E-state index contributed by atoms with van der Waals surface area (Å²) in [6, 6.07) is 0. The fourth-order valence-electron chi connectivity index (χ4n) is 0.451. The summed E-state index contributed by atoms with van der Waals surface area (Å²) in [7, 11) is 1.42. The molecule has 0 radical (unpaired) electrons. The summed E-state index contributed by atoms with van der Waals surface area (Å²) >= 11 is 0. The van der Waals surface area contributed by atoms with Gasteiger partial charge in [0.25, 0.3) is 0 Å². The summed E-state index contributed by atoms with van der Waals surface area (Å²) < 4.78 is 0. The Labute approximate surface area is 51.6 Å². The molecule has 0 aliphatic carbocycles. The molecule has 0 saturated carbocycles. The number of nitrogens with two attached hydrogens (primary N) is 1. The van der Waals surface area contributed by atoms with E-state index < -0.39 is 0 Å². The molecule has 0 bridgehead atoms. The molecule has 0 amide bonds. The van der Waals surface area contributed by atoms with Crippen molar-refractivity contribution in [3.8, 4) is 5.75 Å². The molecule has 0 aromatic carbocycles. The summed E-state index contributed by atoms with van der Waals surface area (Å²) in [5.41, 5.74) is 5.15. The van der Waals surface area contributed by atoms with Crippen molar-refractivity contribution >= 4 is 5.82 Å². The molecular weight excluding hydrogens is 122 g/mol. The van der Waals surface area contributed by atoms with Crippen molar-refractivity contribution in [2.24, 2.45) is 0 Å². The summed E-state index contributed by atoms with van der Waals surface area (Å²) in [5, 5.41) is 12.3. The summed E-state index contributed by atoms with van der Waals surface area (Å²) in [6.45, 7) is 0. The van der Waals surface area contributed by atoms with Crippen molar-refractivity contribution in [2.45, 2.75) is 0 Å². The van der Waals surface area contributed by atoms with Gasteiger partial charge in [0.05, 0.1) is 0 Å². The Morgan fingerprint density at radius 1 is 1.89 bits per heavy atom. The fourth-order valence-corrected chi connectivity index (χ4v) is 0.451. The number of nitrogen functional groups attached to an aromatic ring is 1. The zero-order valence-electron chi connectivity index (χ0n) is 4.90. The summed E-state index contributed by atoms with van der Waals surface area (Å²) in [5.74, 6) is -0.00583. The Balaban J connectivity index is 2.98. The molecule has 0 spiro atoms. The second-order valence-electron chi connectivity index (χ2n) is 1.48. The van der Waals surface area contributed by atoms with Crippen LogP contribution in [0.15, 0.2) is 6.20 Å². The highest BCUT2D eigenvalue weighted by Crippen LogP contribution is 2.14. The molecule has 3 N–H and O–H groups in total. The van der Waals surface area contributed by atoms with Gasteiger partial charge < -0.3 is 15.7 Å². The van der Waals surface area contributed by atoms with Gasteiger partial charge in [0.15, 0.2) is 11.6 Å². The SMILES string of the molecule is COn1cc(O)c(N)n1. The average Bonchev–Trinajstić information content (AvgIpc) is 2.13. The normalized spacial score (nSPS) is 9.44. The first-order valence-electron chi connectivity index (χ1n) is 2.32. The van der Waals surface area contributed by atoms with E-state index in [0.717, 1.165) is 4.85 Å². The van der Waals surface area contributed by atoms with Gasteiger partial charge in [-0.05, 0) is 0 Å². The lowest BCUT2D eigenvalue weighted by Crippen LogP contribution is -2.05.